The van der Waals surface area contributed by atoms with Crippen molar-refractivity contribution in [2.24, 2.45) is 0 Å². The number of aliphatic carboxylic acids is 1. The molecule has 1 N–H and O–H groups in total. The summed E-state index contributed by atoms with van der Waals surface area (Å²) in [4.78, 5) is 10.6. The van der Waals surface area contributed by atoms with E-state index >= 15 is 0 Å². The van der Waals surface area contributed by atoms with Crippen LogP contribution in [0.15, 0.2) is 28.7 Å². The van der Waals surface area contributed by atoms with Crippen LogP contribution in [0.1, 0.15) is 12.5 Å². The number of benzene rings is 1. The van der Waals surface area contributed by atoms with E-state index in [4.69, 9.17) is 5.11 Å². The fourth-order valence-electron chi connectivity index (χ4n) is 1.09. The number of carbonyl (C=O) groups is 1. The predicted octanol–water partition coefficient (Wildman–Crippen LogP) is 1.84. The first-order chi connectivity index (χ1) is 7.33. The van der Waals surface area contributed by atoms with Gasteiger partial charge < -0.3 is 5.11 Å². The summed E-state index contributed by atoms with van der Waals surface area (Å²) < 4.78 is 24.1. The van der Waals surface area contributed by atoms with Gasteiger partial charge in [0.2, 0.25) is 0 Å². The van der Waals surface area contributed by atoms with Crippen molar-refractivity contribution in [1.82, 2.24) is 0 Å². The van der Waals surface area contributed by atoms with Crippen LogP contribution >= 0.6 is 15.9 Å². The Morgan fingerprint density at radius 2 is 1.88 bits per heavy atom. The topological polar surface area (TPSA) is 71.4 Å². The molecule has 0 amide bonds. The van der Waals surface area contributed by atoms with Crippen LogP contribution < -0.4 is 0 Å². The van der Waals surface area contributed by atoms with Crippen molar-refractivity contribution in [2.75, 3.05) is 0 Å². The first-order valence-electron chi connectivity index (χ1n) is 4.52. The SMILES string of the molecule is CC(C(=O)O)S(=O)(=O)Cc1ccc(Br)cc1. The van der Waals surface area contributed by atoms with Gasteiger partial charge in [-0.1, -0.05) is 28.1 Å². The van der Waals surface area contributed by atoms with Gasteiger partial charge in [-0.25, -0.2) is 8.42 Å². The summed E-state index contributed by atoms with van der Waals surface area (Å²) in [6.07, 6.45) is 0. The van der Waals surface area contributed by atoms with Gasteiger partial charge in [0.05, 0.1) is 5.75 Å². The maximum atomic E-state index is 11.6. The second kappa shape index (κ2) is 4.97. The van der Waals surface area contributed by atoms with Gasteiger partial charge >= 0.3 is 5.97 Å². The molecule has 4 nitrogen and oxygen atoms in total. The van der Waals surface area contributed by atoms with E-state index in [9.17, 15) is 13.2 Å². The Bertz CT molecular complexity index is 478. The summed E-state index contributed by atoms with van der Waals surface area (Å²) in [6, 6.07) is 6.74. The zero-order chi connectivity index (χ0) is 12.3. The number of halogens is 1. The Hall–Kier alpha value is -0.880. The van der Waals surface area contributed by atoms with Crippen molar-refractivity contribution in [3.05, 3.63) is 34.3 Å². The first-order valence-corrected chi connectivity index (χ1v) is 7.02. The second-order valence-corrected chi connectivity index (χ2v) is 6.65. The molecule has 16 heavy (non-hydrogen) atoms. The minimum Gasteiger partial charge on any atom is -0.480 e. The van der Waals surface area contributed by atoms with Gasteiger partial charge in [0.15, 0.2) is 15.1 Å². The van der Waals surface area contributed by atoms with Crippen LogP contribution in [0, 0.1) is 0 Å². The zero-order valence-electron chi connectivity index (χ0n) is 8.55. The van der Waals surface area contributed by atoms with Crippen molar-refractivity contribution in [2.45, 2.75) is 17.9 Å². The zero-order valence-corrected chi connectivity index (χ0v) is 11.0. The van der Waals surface area contributed by atoms with Crippen LogP contribution in [-0.4, -0.2) is 24.7 Å². The molecule has 1 aromatic carbocycles. The number of hydrogen-bond donors (Lipinski definition) is 1. The van der Waals surface area contributed by atoms with Gasteiger partial charge in [-0.05, 0) is 24.6 Å². The lowest BCUT2D eigenvalue weighted by molar-refractivity contribution is -0.136. The molecule has 0 aromatic heterocycles. The van der Waals surface area contributed by atoms with Crippen LogP contribution in [0.3, 0.4) is 0 Å². The summed E-state index contributed by atoms with van der Waals surface area (Å²) in [6.45, 7) is 1.18. The molecule has 0 aliphatic rings. The molecule has 1 rings (SSSR count). The Labute approximate surface area is 102 Å². The second-order valence-electron chi connectivity index (χ2n) is 3.41. The molecule has 1 atom stereocenters. The molecular weight excluding hydrogens is 296 g/mol. The highest BCUT2D eigenvalue weighted by atomic mass is 79.9. The molecule has 1 unspecified atom stereocenters. The quantitative estimate of drug-likeness (QED) is 0.921. The van der Waals surface area contributed by atoms with Gasteiger partial charge in [0.25, 0.3) is 0 Å². The van der Waals surface area contributed by atoms with Crippen molar-refractivity contribution in [3.8, 4) is 0 Å². The molecule has 0 spiro atoms. The van der Waals surface area contributed by atoms with Crippen LogP contribution in [-0.2, 0) is 20.4 Å². The van der Waals surface area contributed by atoms with Crippen molar-refractivity contribution in [3.63, 3.8) is 0 Å². The molecular formula is C10H11BrO4S. The van der Waals surface area contributed by atoms with Gasteiger partial charge in [0, 0.05) is 4.47 Å². The monoisotopic (exact) mass is 306 g/mol. The van der Waals surface area contributed by atoms with Gasteiger partial charge in [-0.15, -0.1) is 0 Å². The summed E-state index contributed by atoms with van der Waals surface area (Å²) in [5, 5.41) is 7.27. The normalized spacial score (nSPS) is 13.4. The van der Waals surface area contributed by atoms with Crippen LogP contribution in [0.4, 0.5) is 0 Å². The largest absolute Gasteiger partial charge is 0.480 e. The average Bonchev–Trinajstić information content (AvgIpc) is 2.20. The minimum absolute atomic E-state index is 0.256. The Morgan fingerprint density at radius 1 is 1.38 bits per heavy atom. The highest BCUT2D eigenvalue weighted by molar-refractivity contribution is 9.10. The van der Waals surface area contributed by atoms with Crippen molar-refractivity contribution in [1.29, 1.82) is 0 Å². The highest BCUT2D eigenvalue weighted by Gasteiger charge is 2.27. The molecule has 0 saturated heterocycles. The lowest BCUT2D eigenvalue weighted by Gasteiger charge is -2.08. The molecule has 0 radical (unpaired) electrons. The maximum Gasteiger partial charge on any atom is 0.321 e. The number of sulfone groups is 1. The molecule has 0 aliphatic carbocycles. The third kappa shape index (κ3) is 3.31. The first kappa shape index (κ1) is 13.2. The van der Waals surface area contributed by atoms with E-state index in [0.29, 0.717) is 5.56 Å². The number of rotatable bonds is 4. The fourth-order valence-corrected chi connectivity index (χ4v) is 2.57. The van der Waals surface area contributed by atoms with Gasteiger partial charge in [-0.2, -0.15) is 0 Å². The third-order valence-electron chi connectivity index (χ3n) is 2.17. The van der Waals surface area contributed by atoms with Crippen LogP contribution in [0.2, 0.25) is 0 Å². The molecule has 0 heterocycles. The highest BCUT2D eigenvalue weighted by Crippen LogP contribution is 2.15. The minimum atomic E-state index is -3.64. The molecule has 0 aliphatic heterocycles. The van der Waals surface area contributed by atoms with E-state index in [2.05, 4.69) is 15.9 Å². The standard InChI is InChI=1S/C10H11BrO4S/c1-7(10(12)13)16(14,15)6-8-2-4-9(11)5-3-8/h2-5,7H,6H2,1H3,(H,12,13). The van der Waals surface area contributed by atoms with E-state index in [1.807, 2.05) is 0 Å². The fraction of sp³-hybridized carbons (Fsp3) is 0.300. The van der Waals surface area contributed by atoms with Gasteiger partial charge in [0.1, 0.15) is 0 Å². The summed E-state index contributed by atoms with van der Waals surface area (Å²) >= 11 is 3.23. The van der Waals surface area contributed by atoms with Gasteiger partial charge in [-0.3, -0.25) is 4.79 Å². The van der Waals surface area contributed by atoms with Crippen LogP contribution in [0.25, 0.3) is 0 Å². The number of carboxylic acids is 1. The average molecular weight is 307 g/mol. The summed E-state index contributed by atoms with van der Waals surface area (Å²) in [5.74, 6) is -1.58. The molecule has 1 aromatic rings. The maximum absolute atomic E-state index is 11.6. The van der Waals surface area contributed by atoms with Crippen LogP contribution in [0.5, 0.6) is 0 Å². The molecule has 0 fully saturated rings. The third-order valence-corrected chi connectivity index (χ3v) is 4.71. The summed E-state index contributed by atoms with van der Waals surface area (Å²) in [5.41, 5.74) is 0.580. The molecule has 88 valence electrons. The van der Waals surface area contributed by atoms with E-state index in [-0.39, 0.29) is 5.75 Å². The van der Waals surface area contributed by atoms with E-state index in [0.717, 1.165) is 4.47 Å². The molecule has 0 saturated carbocycles. The smallest absolute Gasteiger partial charge is 0.321 e. The van der Waals surface area contributed by atoms with Crippen molar-refractivity contribution < 1.29 is 18.3 Å². The Morgan fingerprint density at radius 3 is 2.31 bits per heavy atom. The Balaban J connectivity index is 2.89. The molecule has 6 heteroatoms. The number of hydrogen-bond acceptors (Lipinski definition) is 3. The summed E-state index contributed by atoms with van der Waals surface area (Å²) in [7, 11) is -3.64. The predicted molar refractivity (Wildman–Crippen MR) is 63.9 cm³/mol. The van der Waals surface area contributed by atoms with E-state index < -0.39 is 21.1 Å². The van der Waals surface area contributed by atoms with Crippen molar-refractivity contribution >= 4 is 31.7 Å². The van der Waals surface area contributed by atoms with E-state index in [1.54, 1.807) is 24.3 Å². The lowest BCUT2D eigenvalue weighted by Crippen LogP contribution is -2.28. The number of carboxylic acid groups (broad SMARTS) is 1. The lowest BCUT2D eigenvalue weighted by atomic mass is 10.2. The molecule has 0 bridgehead atoms. The Kier molecular flexibility index (Phi) is 4.09. The van der Waals surface area contributed by atoms with E-state index in [1.165, 1.54) is 6.92 Å².